The largest absolute Gasteiger partial charge is 0.395 e. The summed E-state index contributed by atoms with van der Waals surface area (Å²) in [5.74, 6) is -0.217. The Morgan fingerprint density at radius 3 is 2.21 bits per heavy atom. The zero-order valence-electron chi connectivity index (χ0n) is 8.49. The van der Waals surface area contributed by atoms with Gasteiger partial charge < -0.3 is 15.5 Å². The Hall–Kier alpha value is -0.910. The molecule has 1 amide bonds. The molecule has 0 aromatic heterocycles. The highest BCUT2D eigenvalue weighted by Gasteiger charge is 2.05. The molecule has 0 fully saturated rings. The van der Waals surface area contributed by atoms with Gasteiger partial charge in [0, 0.05) is 18.7 Å². The van der Waals surface area contributed by atoms with Gasteiger partial charge in [-0.25, -0.2) is 0 Å². The lowest BCUT2D eigenvalue weighted by molar-refractivity contribution is -0.118. The minimum absolute atomic E-state index is 0.00292. The predicted octanol–water partition coefficient (Wildman–Crippen LogP) is -1.08. The topological polar surface area (TPSA) is 72.8 Å². The molecule has 3 N–H and O–H groups in total. The van der Waals surface area contributed by atoms with E-state index in [1.165, 1.54) is 0 Å². The normalized spacial score (nSPS) is 10.3. The van der Waals surface area contributed by atoms with E-state index in [9.17, 15) is 4.79 Å². The van der Waals surface area contributed by atoms with Crippen LogP contribution in [0.2, 0.25) is 0 Å². The van der Waals surface area contributed by atoms with Crippen LogP contribution in [0.5, 0.6) is 0 Å². The Kier molecular flexibility index (Phi) is 7.00. The molecule has 0 aliphatic carbocycles. The average Bonchev–Trinajstić information content (AvgIpc) is 2.14. The Morgan fingerprint density at radius 1 is 1.36 bits per heavy atom. The van der Waals surface area contributed by atoms with Crippen LogP contribution in [0.1, 0.15) is 6.92 Å². The van der Waals surface area contributed by atoms with Crippen molar-refractivity contribution in [2.45, 2.75) is 6.92 Å². The maximum atomic E-state index is 11.1. The van der Waals surface area contributed by atoms with Crippen LogP contribution in [0.15, 0.2) is 12.2 Å². The third kappa shape index (κ3) is 5.69. The summed E-state index contributed by atoms with van der Waals surface area (Å²) in [4.78, 5) is 12.8. The molecule has 14 heavy (non-hydrogen) atoms. The summed E-state index contributed by atoms with van der Waals surface area (Å²) in [6.45, 7) is 6.29. The van der Waals surface area contributed by atoms with Crippen LogP contribution in [0, 0.1) is 0 Å². The van der Waals surface area contributed by atoms with Crippen LogP contribution in [0.4, 0.5) is 0 Å². The molecule has 0 radical (unpaired) electrons. The standard InChI is InChI=1S/C9H18N2O3/c1-8(2)9(14)10-7-11(3-5-12)4-6-13/h12-13H,1,3-7H2,2H3,(H,10,14). The first-order valence-corrected chi connectivity index (χ1v) is 4.49. The van der Waals surface area contributed by atoms with Gasteiger partial charge in [-0.3, -0.25) is 9.69 Å². The lowest BCUT2D eigenvalue weighted by Crippen LogP contribution is -2.40. The molecule has 0 heterocycles. The number of nitrogens with zero attached hydrogens (tertiary/aromatic N) is 1. The first-order chi connectivity index (χ1) is 6.61. The number of hydrogen-bond donors (Lipinski definition) is 3. The fraction of sp³-hybridized carbons (Fsp3) is 0.667. The van der Waals surface area contributed by atoms with Gasteiger partial charge in [0.25, 0.3) is 0 Å². The number of rotatable bonds is 7. The van der Waals surface area contributed by atoms with E-state index in [2.05, 4.69) is 11.9 Å². The Morgan fingerprint density at radius 2 is 1.86 bits per heavy atom. The van der Waals surface area contributed by atoms with Gasteiger partial charge in [-0.1, -0.05) is 6.58 Å². The molecule has 82 valence electrons. The molecular weight excluding hydrogens is 184 g/mol. The zero-order valence-corrected chi connectivity index (χ0v) is 8.49. The Bertz CT molecular complexity index is 188. The van der Waals surface area contributed by atoms with E-state index in [0.717, 1.165) is 0 Å². The number of hydrogen-bond acceptors (Lipinski definition) is 4. The van der Waals surface area contributed by atoms with E-state index in [0.29, 0.717) is 25.3 Å². The van der Waals surface area contributed by atoms with E-state index in [4.69, 9.17) is 10.2 Å². The summed E-state index contributed by atoms with van der Waals surface area (Å²) in [5, 5.41) is 20.0. The van der Waals surface area contributed by atoms with Crippen LogP contribution in [-0.4, -0.2) is 54.0 Å². The maximum Gasteiger partial charge on any atom is 0.247 e. The van der Waals surface area contributed by atoms with Gasteiger partial charge in [0.05, 0.1) is 19.9 Å². The molecule has 0 saturated carbocycles. The molecule has 0 aliphatic rings. The number of aliphatic hydroxyl groups excluding tert-OH is 2. The number of aliphatic hydroxyl groups is 2. The Balaban J connectivity index is 3.80. The van der Waals surface area contributed by atoms with Crippen molar-refractivity contribution in [1.29, 1.82) is 0 Å². The van der Waals surface area contributed by atoms with Gasteiger partial charge >= 0.3 is 0 Å². The summed E-state index contributed by atoms with van der Waals surface area (Å²) in [5.41, 5.74) is 0.443. The fourth-order valence-corrected chi connectivity index (χ4v) is 0.887. The number of carbonyl (C=O) groups excluding carboxylic acids is 1. The van der Waals surface area contributed by atoms with Gasteiger partial charge in [-0.15, -0.1) is 0 Å². The molecule has 0 saturated heterocycles. The molecule has 0 spiro atoms. The first-order valence-electron chi connectivity index (χ1n) is 4.49. The summed E-state index contributed by atoms with van der Waals surface area (Å²) in [6, 6.07) is 0. The van der Waals surface area contributed by atoms with Crippen LogP contribution in [0.3, 0.4) is 0 Å². The average molecular weight is 202 g/mol. The van der Waals surface area contributed by atoms with E-state index >= 15 is 0 Å². The molecule has 0 aliphatic heterocycles. The third-order valence-corrected chi connectivity index (χ3v) is 1.68. The van der Waals surface area contributed by atoms with Crippen LogP contribution in [-0.2, 0) is 4.79 Å². The number of nitrogens with one attached hydrogen (secondary N) is 1. The van der Waals surface area contributed by atoms with Gasteiger partial charge in [-0.2, -0.15) is 0 Å². The van der Waals surface area contributed by atoms with Crippen LogP contribution < -0.4 is 5.32 Å². The van der Waals surface area contributed by atoms with E-state index in [1.807, 2.05) is 0 Å². The maximum absolute atomic E-state index is 11.1. The lowest BCUT2D eigenvalue weighted by atomic mass is 10.3. The Labute approximate surface area is 84.0 Å². The van der Waals surface area contributed by atoms with E-state index in [-0.39, 0.29) is 19.1 Å². The number of amides is 1. The lowest BCUT2D eigenvalue weighted by Gasteiger charge is -2.20. The molecule has 0 aromatic rings. The van der Waals surface area contributed by atoms with E-state index in [1.54, 1.807) is 11.8 Å². The molecule has 0 rings (SSSR count). The minimum atomic E-state index is -0.217. The second-order valence-corrected chi connectivity index (χ2v) is 3.01. The molecule has 0 atom stereocenters. The first kappa shape index (κ1) is 13.1. The summed E-state index contributed by atoms with van der Waals surface area (Å²) < 4.78 is 0. The molecule has 5 nitrogen and oxygen atoms in total. The van der Waals surface area contributed by atoms with E-state index < -0.39 is 0 Å². The van der Waals surface area contributed by atoms with Gasteiger partial charge in [0.2, 0.25) is 5.91 Å². The van der Waals surface area contributed by atoms with Crippen molar-refractivity contribution in [3.63, 3.8) is 0 Å². The molecule has 0 unspecified atom stereocenters. The summed E-state index contributed by atoms with van der Waals surface area (Å²) in [6.07, 6.45) is 0. The minimum Gasteiger partial charge on any atom is -0.395 e. The van der Waals surface area contributed by atoms with Gasteiger partial charge in [-0.05, 0) is 6.92 Å². The fourth-order valence-electron chi connectivity index (χ4n) is 0.887. The highest BCUT2D eigenvalue weighted by atomic mass is 16.3. The predicted molar refractivity (Wildman–Crippen MR) is 53.6 cm³/mol. The van der Waals surface area contributed by atoms with Gasteiger partial charge in [0.1, 0.15) is 0 Å². The zero-order chi connectivity index (χ0) is 11.0. The summed E-state index contributed by atoms with van der Waals surface area (Å²) in [7, 11) is 0. The molecule has 5 heteroatoms. The highest BCUT2D eigenvalue weighted by Crippen LogP contribution is 1.88. The quantitative estimate of drug-likeness (QED) is 0.363. The van der Waals surface area contributed by atoms with Crippen molar-refractivity contribution in [1.82, 2.24) is 10.2 Å². The second-order valence-electron chi connectivity index (χ2n) is 3.01. The van der Waals surface area contributed by atoms with Crippen molar-refractivity contribution in [3.05, 3.63) is 12.2 Å². The van der Waals surface area contributed by atoms with Crippen molar-refractivity contribution >= 4 is 5.91 Å². The highest BCUT2D eigenvalue weighted by molar-refractivity contribution is 5.91. The number of carbonyl (C=O) groups is 1. The van der Waals surface area contributed by atoms with Gasteiger partial charge in [0.15, 0.2) is 0 Å². The second kappa shape index (κ2) is 7.49. The molecule has 0 bridgehead atoms. The molecule has 0 aromatic carbocycles. The van der Waals surface area contributed by atoms with Crippen molar-refractivity contribution in [2.75, 3.05) is 33.0 Å². The molecular formula is C9H18N2O3. The smallest absolute Gasteiger partial charge is 0.247 e. The third-order valence-electron chi connectivity index (χ3n) is 1.68. The monoisotopic (exact) mass is 202 g/mol. The SMILES string of the molecule is C=C(C)C(=O)NCN(CCO)CCO. The van der Waals surface area contributed by atoms with Crippen LogP contribution in [0.25, 0.3) is 0 Å². The summed E-state index contributed by atoms with van der Waals surface area (Å²) >= 11 is 0. The van der Waals surface area contributed by atoms with Crippen molar-refractivity contribution < 1.29 is 15.0 Å². The van der Waals surface area contributed by atoms with Crippen molar-refractivity contribution in [2.24, 2.45) is 0 Å². The van der Waals surface area contributed by atoms with Crippen molar-refractivity contribution in [3.8, 4) is 0 Å². The van der Waals surface area contributed by atoms with Crippen LogP contribution >= 0.6 is 0 Å².